The van der Waals surface area contributed by atoms with Gasteiger partial charge >= 0.3 is 0 Å². The molecular weight excluding hydrogens is 218 g/mol. The molecule has 2 heterocycles. The van der Waals surface area contributed by atoms with Crippen LogP contribution in [-0.4, -0.2) is 51.5 Å². The van der Waals surface area contributed by atoms with Crippen molar-refractivity contribution in [3.05, 3.63) is 0 Å². The fraction of sp³-hybridized carbons (Fsp3) is 0.917. The van der Waals surface area contributed by atoms with E-state index in [9.17, 15) is 0 Å². The molecule has 1 atom stereocenters. The first-order valence-electron chi connectivity index (χ1n) is 6.67. The molecule has 0 saturated carbocycles. The Labute approximate surface area is 103 Å². The first-order chi connectivity index (χ1) is 8.45. The normalized spacial score (nSPS) is 24.9. The first-order valence-corrected chi connectivity index (χ1v) is 6.67. The molecule has 2 N–H and O–H groups in total. The zero-order valence-corrected chi connectivity index (χ0v) is 10.4. The Balaban J connectivity index is 1.48. The van der Waals surface area contributed by atoms with Gasteiger partial charge in [-0.15, -0.1) is 0 Å². The minimum atomic E-state index is 0.323. The fourth-order valence-corrected chi connectivity index (χ4v) is 1.98. The maximum Gasteiger partial charge on any atom is 0.191 e. The molecule has 0 aromatic carbocycles. The second-order valence-corrected chi connectivity index (χ2v) is 4.50. The molecule has 0 bridgehead atoms. The van der Waals surface area contributed by atoms with Crippen molar-refractivity contribution in [2.45, 2.75) is 31.8 Å². The molecule has 17 heavy (non-hydrogen) atoms. The van der Waals surface area contributed by atoms with E-state index in [2.05, 4.69) is 15.6 Å². The molecule has 0 unspecified atom stereocenters. The summed E-state index contributed by atoms with van der Waals surface area (Å²) in [4.78, 5) is 4.43. The quantitative estimate of drug-likeness (QED) is 0.689. The van der Waals surface area contributed by atoms with Gasteiger partial charge in [-0.2, -0.15) is 0 Å². The highest BCUT2D eigenvalue weighted by atomic mass is 16.5. The summed E-state index contributed by atoms with van der Waals surface area (Å²) in [5, 5.41) is 6.61. The van der Waals surface area contributed by atoms with Crippen LogP contribution in [0.3, 0.4) is 0 Å². The lowest BCUT2D eigenvalue weighted by Crippen LogP contribution is -2.37. The number of rotatable bonds is 5. The van der Waals surface area contributed by atoms with Crippen LogP contribution in [0.25, 0.3) is 0 Å². The van der Waals surface area contributed by atoms with Gasteiger partial charge in [0.05, 0.1) is 12.7 Å². The van der Waals surface area contributed by atoms with Crippen molar-refractivity contribution in [1.29, 1.82) is 0 Å². The molecule has 0 aromatic heterocycles. The third-order valence-electron chi connectivity index (χ3n) is 3.00. The summed E-state index contributed by atoms with van der Waals surface area (Å²) in [6, 6.07) is 0. The predicted octanol–water partition coefficient (Wildman–Crippen LogP) is 0.511. The highest BCUT2D eigenvalue weighted by Gasteiger charge is 2.15. The number of aliphatic imine (C=N–C) groups is 1. The SMILES string of the molecule is C1CCNC(NCCCO[C@H]2CCOC2)=NC1. The van der Waals surface area contributed by atoms with E-state index in [-0.39, 0.29) is 0 Å². The van der Waals surface area contributed by atoms with Gasteiger partial charge in [0.2, 0.25) is 0 Å². The summed E-state index contributed by atoms with van der Waals surface area (Å²) in [5.41, 5.74) is 0. The van der Waals surface area contributed by atoms with Crippen LogP contribution in [0.1, 0.15) is 25.7 Å². The van der Waals surface area contributed by atoms with E-state index in [0.29, 0.717) is 6.10 Å². The Hall–Kier alpha value is -0.810. The monoisotopic (exact) mass is 241 g/mol. The van der Waals surface area contributed by atoms with Gasteiger partial charge in [-0.3, -0.25) is 4.99 Å². The number of ether oxygens (including phenoxy) is 2. The van der Waals surface area contributed by atoms with Gasteiger partial charge in [0.25, 0.3) is 0 Å². The smallest absolute Gasteiger partial charge is 0.191 e. The van der Waals surface area contributed by atoms with E-state index in [0.717, 1.165) is 58.3 Å². The molecule has 1 fully saturated rings. The van der Waals surface area contributed by atoms with E-state index in [1.54, 1.807) is 0 Å². The maximum atomic E-state index is 5.69. The summed E-state index contributed by atoms with van der Waals surface area (Å²) >= 11 is 0. The van der Waals surface area contributed by atoms with Crippen LogP contribution in [0.5, 0.6) is 0 Å². The average molecular weight is 241 g/mol. The van der Waals surface area contributed by atoms with Crippen LogP contribution in [0.2, 0.25) is 0 Å². The standard InChI is InChI=1S/C12H23N3O2/c1-2-6-14-12(13-5-1)15-7-3-8-17-11-4-9-16-10-11/h11H,1-10H2,(H2,13,14,15)/t11-/m0/s1. The van der Waals surface area contributed by atoms with E-state index in [1.807, 2.05) is 0 Å². The number of nitrogens with zero attached hydrogens (tertiary/aromatic N) is 1. The fourth-order valence-electron chi connectivity index (χ4n) is 1.98. The molecule has 0 radical (unpaired) electrons. The summed E-state index contributed by atoms with van der Waals surface area (Å²) in [5.74, 6) is 0.951. The van der Waals surface area contributed by atoms with Gasteiger partial charge in [-0.25, -0.2) is 0 Å². The Morgan fingerprint density at radius 3 is 3.35 bits per heavy atom. The second-order valence-electron chi connectivity index (χ2n) is 4.50. The molecule has 5 nitrogen and oxygen atoms in total. The van der Waals surface area contributed by atoms with Gasteiger partial charge < -0.3 is 20.1 Å². The summed E-state index contributed by atoms with van der Waals surface area (Å²) in [6.07, 6.45) is 4.77. The topological polar surface area (TPSA) is 54.9 Å². The van der Waals surface area contributed by atoms with Crippen LogP contribution in [0.4, 0.5) is 0 Å². The van der Waals surface area contributed by atoms with E-state index < -0.39 is 0 Å². The summed E-state index contributed by atoms with van der Waals surface area (Å²) in [6.45, 7) is 5.30. The van der Waals surface area contributed by atoms with Crippen molar-refractivity contribution in [2.24, 2.45) is 4.99 Å². The van der Waals surface area contributed by atoms with Gasteiger partial charge in [0.1, 0.15) is 0 Å². The third-order valence-corrected chi connectivity index (χ3v) is 3.00. The molecule has 2 rings (SSSR count). The number of hydrogen-bond donors (Lipinski definition) is 2. The van der Waals surface area contributed by atoms with Gasteiger partial charge in [-0.1, -0.05) is 0 Å². The average Bonchev–Trinajstić information content (AvgIpc) is 2.72. The summed E-state index contributed by atoms with van der Waals surface area (Å²) in [7, 11) is 0. The van der Waals surface area contributed by atoms with Crippen LogP contribution < -0.4 is 10.6 Å². The molecule has 0 amide bonds. The zero-order chi connectivity index (χ0) is 11.8. The van der Waals surface area contributed by atoms with Crippen LogP contribution in [0.15, 0.2) is 4.99 Å². The van der Waals surface area contributed by atoms with Crippen LogP contribution in [-0.2, 0) is 9.47 Å². The van der Waals surface area contributed by atoms with Crippen molar-refractivity contribution in [3.63, 3.8) is 0 Å². The Kier molecular flexibility index (Phi) is 5.58. The molecule has 0 spiro atoms. The van der Waals surface area contributed by atoms with Crippen molar-refractivity contribution in [3.8, 4) is 0 Å². The second kappa shape index (κ2) is 7.50. The van der Waals surface area contributed by atoms with Crippen LogP contribution in [0, 0.1) is 0 Å². The Bertz CT molecular complexity index is 240. The van der Waals surface area contributed by atoms with E-state index >= 15 is 0 Å². The highest BCUT2D eigenvalue weighted by Crippen LogP contribution is 2.07. The lowest BCUT2D eigenvalue weighted by molar-refractivity contribution is 0.0420. The highest BCUT2D eigenvalue weighted by molar-refractivity contribution is 5.79. The first kappa shape index (κ1) is 12.6. The maximum absolute atomic E-state index is 5.69. The lowest BCUT2D eigenvalue weighted by Gasteiger charge is -2.12. The molecule has 0 aliphatic carbocycles. The minimum Gasteiger partial charge on any atom is -0.379 e. The third kappa shape index (κ3) is 4.91. The van der Waals surface area contributed by atoms with Crippen molar-refractivity contribution in [1.82, 2.24) is 10.6 Å². The molecule has 2 aliphatic rings. The molecule has 1 saturated heterocycles. The number of guanidine groups is 1. The lowest BCUT2D eigenvalue weighted by atomic mass is 10.3. The minimum absolute atomic E-state index is 0.323. The van der Waals surface area contributed by atoms with E-state index in [4.69, 9.17) is 9.47 Å². The molecular formula is C12H23N3O2. The Morgan fingerprint density at radius 1 is 1.47 bits per heavy atom. The van der Waals surface area contributed by atoms with Crippen molar-refractivity contribution >= 4 is 5.96 Å². The van der Waals surface area contributed by atoms with Gasteiger partial charge in [0.15, 0.2) is 5.96 Å². The van der Waals surface area contributed by atoms with Crippen molar-refractivity contribution < 1.29 is 9.47 Å². The molecule has 5 heteroatoms. The zero-order valence-electron chi connectivity index (χ0n) is 10.4. The largest absolute Gasteiger partial charge is 0.379 e. The van der Waals surface area contributed by atoms with Crippen LogP contribution >= 0.6 is 0 Å². The van der Waals surface area contributed by atoms with E-state index in [1.165, 1.54) is 12.8 Å². The summed E-state index contributed by atoms with van der Waals surface area (Å²) < 4.78 is 10.9. The van der Waals surface area contributed by atoms with Gasteiger partial charge in [0, 0.05) is 32.8 Å². The number of hydrogen-bond acceptors (Lipinski definition) is 5. The molecule has 2 aliphatic heterocycles. The predicted molar refractivity (Wildman–Crippen MR) is 67.3 cm³/mol. The molecule has 0 aromatic rings. The van der Waals surface area contributed by atoms with Gasteiger partial charge in [-0.05, 0) is 25.7 Å². The molecule has 98 valence electrons. The Morgan fingerprint density at radius 2 is 2.47 bits per heavy atom. The number of nitrogens with one attached hydrogen (secondary N) is 2. The van der Waals surface area contributed by atoms with Crippen molar-refractivity contribution in [2.75, 3.05) is 39.5 Å².